The molecule has 0 bridgehead atoms. The molecule has 0 amide bonds. The topological polar surface area (TPSA) is 28.7 Å². The van der Waals surface area contributed by atoms with Gasteiger partial charge < -0.3 is 4.98 Å². The fraction of sp³-hybridized carbons (Fsp3) is 0.222. The summed E-state index contributed by atoms with van der Waals surface area (Å²) in [4.78, 5) is 7.46. The molecule has 2 heterocycles. The first-order valence-corrected chi connectivity index (χ1v) is 3.68. The number of aromatic nitrogens is 2. The van der Waals surface area contributed by atoms with Crippen LogP contribution in [-0.4, -0.2) is 9.97 Å². The molecule has 0 unspecified atom stereocenters. The average Bonchev–Trinajstić information content (AvgIpc) is 2.31. The van der Waals surface area contributed by atoms with Crippen LogP contribution in [0.3, 0.4) is 0 Å². The van der Waals surface area contributed by atoms with Crippen molar-refractivity contribution < 1.29 is 0 Å². The molecule has 0 aliphatic rings. The molecule has 0 radical (unpaired) electrons. The van der Waals surface area contributed by atoms with Crippen molar-refractivity contribution in [2.24, 2.45) is 0 Å². The molecule has 0 aliphatic heterocycles. The van der Waals surface area contributed by atoms with E-state index in [1.54, 1.807) is 0 Å². The van der Waals surface area contributed by atoms with Gasteiger partial charge in [-0.25, -0.2) is 0 Å². The molecule has 0 spiro atoms. The summed E-state index contributed by atoms with van der Waals surface area (Å²) >= 11 is 0. The molecule has 0 fully saturated rings. The zero-order chi connectivity index (χ0) is 7.84. The van der Waals surface area contributed by atoms with E-state index >= 15 is 0 Å². The maximum Gasteiger partial charge on any atom is 0.0489 e. The monoisotopic (exact) mass is 146 g/mol. The van der Waals surface area contributed by atoms with E-state index in [1.165, 1.54) is 16.6 Å². The number of nitrogens with one attached hydrogen (secondary N) is 1. The van der Waals surface area contributed by atoms with Crippen molar-refractivity contribution in [3.05, 3.63) is 29.7 Å². The normalized spacial score (nSPS) is 10.7. The van der Waals surface area contributed by atoms with E-state index in [2.05, 4.69) is 23.0 Å². The first kappa shape index (κ1) is 6.40. The molecule has 0 aliphatic carbocycles. The third kappa shape index (κ3) is 0.909. The number of aromatic amines is 1. The van der Waals surface area contributed by atoms with Crippen molar-refractivity contribution in [1.82, 2.24) is 9.97 Å². The van der Waals surface area contributed by atoms with Crippen LogP contribution in [-0.2, 0) is 0 Å². The number of pyridine rings is 1. The summed E-state index contributed by atoms with van der Waals surface area (Å²) in [5.41, 5.74) is 3.46. The Morgan fingerprint density at radius 1 is 1.36 bits per heavy atom. The molecule has 0 aromatic carbocycles. The highest BCUT2D eigenvalue weighted by atomic mass is 14.7. The van der Waals surface area contributed by atoms with Crippen molar-refractivity contribution in [1.29, 1.82) is 0 Å². The van der Waals surface area contributed by atoms with Crippen LogP contribution in [0, 0.1) is 13.8 Å². The van der Waals surface area contributed by atoms with Gasteiger partial charge in [-0.3, -0.25) is 4.98 Å². The second-order valence-electron chi connectivity index (χ2n) is 2.81. The van der Waals surface area contributed by atoms with Gasteiger partial charge in [0.1, 0.15) is 0 Å². The highest BCUT2D eigenvalue weighted by Gasteiger charge is 1.98. The van der Waals surface area contributed by atoms with Gasteiger partial charge in [-0.1, -0.05) is 0 Å². The van der Waals surface area contributed by atoms with Gasteiger partial charge in [-0.15, -0.1) is 0 Å². The highest BCUT2D eigenvalue weighted by Crippen LogP contribution is 2.16. The Morgan fingerprint density at radius 3 is 2.91 bits per heavy atom. The summed E-state index contributed by atoms with van der Waals surface area (Å²) in [5.74, 6) is 0. The second-order valence-corrected chi connectivity index (χ2v) is 2.81. The summed E-state index contributed by atoms with van der Waals surface area (Å²) in [5, 5.41) is 1.23. The van der Waals surface area contributed by atoms with Gasteiger partial charge in [-0.05, 0) is 26.0 Å². The van der Waals surface area contributed by atoms with Crippen LogP contribution in [0.25, 0.3) is 10.9 Å². The summed E-state index contributed by atoms with van der Waals surface area (Å²) in [6.07, 6.45) is 1.83. The highest BCUT2D eigenvalue weighted by molar-refractivity contribution is 5.82. The van der Waals surface area contributed by atoms with Crippen LogP contribution in [0.5, 0.6) is 0 Å². The first-order valence-electron chi connectivity index (χ1n) is 3.68. The zero-order valence-electron chi connectivity index (χ0n) is 6.68. The number of fused-ring (bicyclic) bond motifs is 1. The SMILES string of the molecule is Cc1cc2c(C)nccc2[nH]1. The lowest BCUT2D eigenvalue weighted by molar-refractivity contribution is 1.23. The predicted octanol–water partition coefficient (Wildman–Crippen LogP) is 2.18. The Bertz CT molecular complexity index is 387. The van der Waals surface area contributed by atoms with Crippen LogP contribution in [0.15, 0.2) is 18.3 Å². The number of hydrogen-bond donors (Lipinski definition) is 1. The molecule has 0 atom stereocenters. The van der Waals surface area contributed by atoms with E-state index in [-0.39, 0.29) is 0 Å². The fourth-order valence-corrected chi connectivity index (χ4v) is 1.33. The van der Waals surface area contributed by atoms with Crippen LogP contribution < -0.4 is 0 Å². The molecular weight excluding hydrogens is 136 g/mol. The number of hydrogen-bond acceptors (Lipinski definition) is 1. The lowest BCUT2D eigenvalue weighted by atomic mass is 10.2. The van der Waals surface area contributed by atoms with Gasteiger partial charge >= 0.3 is 0 Å². The van der Waals surface area contributed by atoms with E-state index < -0.39 is 0 Å². The van der Waals surface area contributed by atoms with Crippen molar-refractivity contribution in [3.8, 4) is 0 Å². The van der Waals surface area contributed by atoms with E-state index in [0.29, 0.717) is 0 Å². The van der Waals surface area contributed by atoms with Crippen molar-refractivity contribution >= 4 is 10.9 Å². The van der Waals surface area contributed by atoms with E-state index in [4.69, 9.17) is 0 Å². The van der Waals surface area contributed by atoms with Gasteiger partial charge in [-0.2, -0.15) is 0 Å². The summed E-state index contributed by atoms with van der Waals surface area (Å²) in [6, 6.07) is 4.12. The molecule has 11 heavy (non-hydrogen) atoms. The fourth-order valence-electron chi connectivity index (χ4n) is 1.33. The van der Waals surface area contributed by atoms with Crippen LogP contribution >= 0.6 is 0 Å². The second kappa shape index (κ2) is 2.09. The van der Waals surface area contributed by atoms with Crippen molar-refractivity contribution in [3.63, 3.8) is 0 Å². The van der Waals surface area contributed by atoms with Crippen LogP contribution in [0.4, 0.5) is 0 Å². The quantitative estimate of drug-likeness (QED) is 0.606. The van der Waals surface area contributed by atoms with Gasteiger partial charge in [0.2, 0.25) is 0 Å². The average molecular weight is 146 g/mol. The zero-order valence-corrected chi connectivity index (χ0v) is 6.68. The summed E-state index contributed by atoms with van der Waals surface area (Å²) in [6.45, 7) is 4.08. The Labute approximate surface area is 65.3 Å². The molecule has 2 aromatic rings. The minimum atomic E-state index is 1.09. The Morgan fingerprint density at radius 2 is 2.18 bits per heavy atom. The standard InChI is InChI=1S/C9H10N2/c1-6-5-8-7(2)10-4-3-9(8)11-6/h3-5,11H,1-2H3. The predicted molar refractivity (Wildman–Crippen MR) is 45.6 cm³/mol. The number of aryl methyl sites for hydroxylation is 2. The third-order valence-corrected chi connectivity index (χ3v) is 1.88. The minimum absolute atomic E-state index is 1.09. The molecule has 2 nitrogen and oxygen atoms in total. The molecule has 0 saturated carbocycles. The van der Waals surface area contributed by atoms with E-state index in [0.717, 1.165) is 5.69 Å². The molecule has 0 saturated heterocycles. The molecule has 1 N–H and O–H groups in total. The van der Waals surface area contributed by atoms with E-state index in [1.807, 2.05) is 19.2 Å². The summed E-state index contributed by atoms with van der Waals surface area (Å²) in [7, 11) is 0. The van der Waals surface area contributed by atoms with Crippen LogP contribution in [0.2, 0.25) is 0 Å². The number of nitrogens with zero attached hydrogens (tertiary/aromatic N) is 1. The van der Waals surface area contributed by atoms with Crippen molar-refractivity contribution in [2.45, 2.75) is 13.8 Å². The maximum atomic E-state index is 4.20. The summed E-state index contributed by atoms with van der Waals surface area (Å²) < 4.78 is 0. The van der Waals surface area contributed by atoms with Gasteiger partial charge in [0, 0.05) is 28.5 Å². The van der Waals surface area contributed by atoms with Crippen molar-refractivity contribution in [2.75, 3.05) is 0 Å². The number of H-pyrrole nitrogens is 1. The smallest absolute Gasteiger partial charge is 0.0489 e. The molecule has 2 rings (SSSR count). The Kier molecular flexibility index (Phi) is 1.22. The lowest BCUT2D eigenvalue weighted by Crippen LogP contribution is -1.78. The minimum Gasteiger partial charge on any atom is -0.359 e. The first-order chi connectivity index (χ1) is 5.27. The largest absolute Gasteiger partial charge is 0.359 e. The lowest BCUT2D eigenvalue weighted by Gasteiger charge is -1.91. The molecule has 56 valence electrons. The Balaban J connectivity index is 2.90. The molecular formula is C9H10N2. The van der Waals surface area contributed by atoms with Crippen LogP contribution in [0.1, 0.15) is 11.4 Å². The van der Waals surface area contributed by atoms with Gasteiger partial charge in [0.15, 0.2) is 0 Å². The van der Waals surface area contributed by atoms with E-state index in [9.17, 15) is 0 Å². The molecule has 2 heteroatoms. The third-order valence-electron chi connectivity index (χ3n) is 1.88. The van der Waals surface area contributed by atoms with Gasteiger partial charge in [0.25, 0.3) is 0 Å². The molecule has 2 aromatic heterocycles. The van der Waals surface area contributed by atoms with Gasteiger partial charge in [0.05, 0.1) is 0 Å². The number of rotatable bonds is 0. The Hall–Kier alpha value is -1.31. The maximum absolute atomic E-state index is 4.20.